The highest BCUT2D eigenvalue weighted by Gasteiger charge is 2.12. The van der Waals surface area contributed by atoms with Crippen molar-refractivity contribution < 1.29 is 9.52 Å². The minimum absolute atomic E-state index is 0.000869. The number of aromatic hydroxyl groups is 1. The van der Waals surface area contributed by atoms with Gasteiger partial charge in [-0.2, -0.15) is 0 Å². The lowest BCUT2D eigenvalue weighted by Crippen LogP contribution is -2.21. The fraction of sp³-hybridized carbons (Fsp3) is 0.167. The summed E-state index contributed by atoms with van der Waals surface area (Å²) in [6.45, 7) is 1.00. The van der Waals surface area contributed by atoms with Gasteiger partial charge in [0.25, 0.3) is 0 Å². The normalized spacial score (nSPS) is 10.9. The van der Waals surface area contributed by atoms with Crippen molar-refractivity contribution in [2.75, 3.05) is 6.54 Å². The maximum Gasteiger partial charge on any atom is 0.344 e. The first-order valence-corrected chi connectivity index (χ1v) is 7.24. The van der Waals surface area contributed by atoms with E-state index in [1.165, 1.54) is 5.56 Å². The second kappa shape index (κ2) is 6.45. The number of nitrogens with one attached hydrogen (secondary N) is 1. The van der Waals surface area contributed by atoms with Gasteiger partial charge in [0.05, 0.1) is 10.9 Å². The summed E-state index contributed by atoms with van der Waals surface area (Å²) in [7, 11) is 0. The zero-order valence-electron chi connectivity index (χ0n) is 12.1. The molecule has 3 rings (SSSR count). The molecule has 4 nitrogen and oxygen atoms in total. The number of rotatable bonds is 5. The highest BCUT2D eigenvalue weighted by atomic mass is 16.4. The van der Waals surface area contributed by atoms with Crippen molar-refractivity contribution in [3.8, 4) is 5.75 Å². The smallest absolute Gasteiger partial charge is 0.344 e. The fourth-order valence-electron chi connectivity index (χ4n) is 2.42. The molecule has 0 amide bonds. The van der Waals surface area contributed by atoms with E-state index in [2.05, 4.69) is 17.4 Å². The Hall–Kier alpha value is -2.59. The molecule has 0 spiro atoms. The number of fused-ring (bicyclic) bond motifs is 1. The van der Waals surface area contributed by atoms with E-state index >= 15 is 0 Å². The van der Waals surface area contributed by atoms with Gasteiger partial charge in [0, 0.05) is 6.54 Å². The van der Waals surface area contributed by atoms with Crippen molar-refractivity contribution >= 4 is 11.0 Å². The van der Waals surface area contributed by atoms with Crippen LogP contribution < -0.4 is 10.9 Å². The maximum atomic E-state index is 12.0. The zero-order chi connectivity index (χ0) is 15.4. The van der Waals surface area contributed by atoms with Gasteiger partial charge in [-0.25, -0.2) is 4.79 Å². The molecule has 112 valence electrons. The molecule has 0 aliphatic carbocycles. The Morgan fingerprint density at radius 3 is 2.55 bits per heavy atom. The van der Waals surface area contributed by atoms with Gasteiger partial charge in [0.2, 0.25) is 0 Å². The monoisotopic (exact) mass is 295 g/mol. The van der Waals surface area contributed by atoms with Crippen LogP contribution in [0.5, 0.6) is 5.75 Å². The standard InChI is InChI=1S/C18H17NO3/c20-17-14-8-4-5-9-16(14)22-18(21)15(17)12-19-11-10-13-6-2-1-3-7-13/h1-9,19-20H,10-12H2. The second-order valence-corrected chi connectivity index (χ2v) is 5.13. The molecule has 3 aromatic rings. The van der Waals surface area contributed by atoms with Crippen molar-refractivity contribution in [2.24, 2.45) is 0 Å². The third-order valence-corrected chi connectivity index (χ3v) is 3.61. The lowest BCUT2D eigenvalue weighted by Gasteiger charge is -2.08. The molecule has 0 aliphatic rings. The fourth-order valence-corrected chi connectivity index (χ4v) is 2.42. The van der Waals surface area contributed by atoms with Gasteiger partial charge >= 0.3 is 5.63 Å². The van der Waals surface area contributed by atoms with Crippen molar-refractivity contribution in [3.05, 3.63) is 76.1 Å². The molecule has 1 heterocycles. The number of para-hydroxylation sites is 1. The van der Waals surface area contributed by atoms with E-state index in [0.29, 0.717) is 11.0 Å². The highest BCUT2D eigenvalue weighted by Crippen LogP contribution is 2.25. The van der Waals surface area contributed by atoms with E-state index in [1.54, 1.807) is 24.3 Å². The average Bonchev–Trinajstić information content (AvgIpc) is 2.55. The van der Waals surface area contributed by atoms with Crippen LogP contribution in [0, 0.1) is 0 Å². The first kappa shape index (κ1) is 14.4. The lowest BCUT2D eigenvalue weighted by molar-refractivity contribution is 0.451. The molecular formula is C18H17NO3. The molecule has 0 atom stereocenters. The van der Waals surface area contributed by atoms with Gasteiger partial charge in [-0.3, -0.25) is 0 Å². The van der Waals surface area contributed by atoms with Crippen LogP contribution in [0.15, 0.2) is 63.8 Å². The summed E-state index contributed by atoms with van der Waals surface area (Å²) < 4.78 is 5.23. The van der Waals surface area contributed by atoms with Gasteiger partial charge < -0.3 is 14.8 Å². The molecule has 2 aromatic carbocycles. The van der Waals surface area contributed by atoms with Crippen LogP contribution in [0.25, 0.3) is 11.0 Å². The molecular weight excluding hydrogens is 278 g/mol. The highest BCUT2D eigenvalue weighted by molar-refractivity contribution is 5.83. The van der Waals surface area contributed by atoms with E-state index in [1.807, 2.05) is 18.2 Å². The third kappa shape index (κ3) is 3.02. The Kier molecular flexibility index (Phi) is 4.21. The Bertz CT molecular complexity index is 825. The van der Waals surface area contributed by atoms with Gasteiger partial charge in [-0.15, -0.1) is 0 Å². The van der Waals surface area contributed by atoms with Crippen molar-refractivity contribution in [3.63, 3.8) is 0 Å². The van der Waals surface area contributed by atoms with E-state index in [-0.39, 0.29) is 17.9 Å². The molecule has 0 fully saturated rings. The number of hydrogen-bond donors (Lipinski definition) is 2. The Labute approximate surface area is 128 Å². The molecule has 22 heavy (non-hydrogen) atoms. The summed E-state index contributed by atoms with van der Waals surface area (Å²) in [4.78, 5) is 12.0. The first-order chi connectivity index (χ1) is 10.8. The first-order valence-electron chi connectivity index (χ1n) is 7.24. The molecule has 0 saturated carbocycles. The van der Waals surface area contributed by atoms with Crippen molar-refractivity contribution in [1.82, 2.24) is 5.32 Å². The van der Waals surface area contributed by atoms with Gasteiger partial charge in [-0.1, -0.05) is 42.5 Å². The zero-order valence-corrected chi connectivity index (χ0v) is 12.1. The molecule has 0 unspecified atom stereocenters. The Morgan fingerprint density at radius 1 is 1.00 bits per heavy atom. The van der Waals surface area contributed by atoms with E-state index < -0.39 is 5.63 Å². The third-order valence-electron chi connectivity index (χ3n) is 3.61. The van der Waals surface area contributed by atoms with Crippen molar-refractivity contribution in [2.45, 2.75) is 13.0 Å². The van der Waals surface area contributed by atoms with Gasteiger partial charge in [0.15, 0.2) is 0 Å². The molecule has 0 bridgehead atoms. The SMILES string of the molecule is O=c1oc2ccccc2c(O)c1CNCCc1ccccc1. The van der Waals surface area contributed by atoms with Crippen LogP contribution in [0.3, 0.4) is 0 Å². The van der Waals surface area contributed by atoms with Gasteiger partial charge in [0.1, 0.15) is 11.3 Å². The summed E-state index contributed by atoms with van der Waals surface area (Å²) >= 11 is 0. The molecule has 0 radical (unpaired) electrons. The van der Waals surface area contributed by atoms with Crippen molar-refractivity contribution in [1.29, 1.82) is 0 Å². The predicted molar refractivity (Wildman–Crippen MR) is 86.0 cm³/mol. The van der Waals surface area contributed by atoms with Crippen LogP contribution in [-0.2, 0) is 13.0 Å². The summed E-state index contributed by atoms with van der Waals surface area (Å²) in [5.41, 5.74) is 1.40. The minimum Gasteiger partial charge on any atom is -0.507 e. The van der Waals surface area contributed by atoms with E-state index in [0.717, 1.165) is 13.0 Å². The Morgan fingerprint density at radius 2 is 1.73 bits per heavy atom. The predicted octanol–water partition coefficient (Wildman–Crippen LogP) is 2.83. The molecule has 4 heteroatoms. The summed E-state index contributed by atoms with van der Waals surface area (Å²) in [6.07, 6.45) is 0.862. The summed E-state index contributed by atoms with van der Waals surface area (Å²) in [5.74, 6) is -0.000869. The molecule has 1 aromatic heterocycles. The minimum atomic E-state index is -0.497. The molecule has 0 aliphatic heterocycles. The Balaban J connectivity index is 1.70. The van der Waals surface area contributed by atoms with E-state index in [9.17, 15) is 9.90 Å². The van der Waals surface area contributed by atoms with Crippen LogP contribution in [0.2, 0.25) is 0 Å². The van der Waals surface area contributed by atoms with Crippen LogP contribution >= 0.6 is 0 Å². The second-order valence-electron chi connectivity index (χ2n) is 5.13. The quantitative estimate of drug-likeness (QED) is 0.561. The summed E-state index contributed by atoms with van der Waals surface area (Å²) in [6, 6.07) is 17.1. The number of benzene rings is 2. The lowest BCUT2D eigenvalue weighted by atomic mass is 10.1. The van der Waals surface area contributed by atoms with Crippen LogP contribution in [-0.4, -0.2) is 11.7 Å². The molecule has 0 saturated heterocycles. The topological polar surface area (TPSA) is 62.5 Å². The maximum absolute atomic E-state index is 12.0. The van der Waals surface area contributed by atoms with Crippen LogP contribution in [0.1, 0.15) is 11.1 Å². The van der Waals surface area contributed by atoms with E-state index in [4.69, 9.17) is 4.42 Å². The molecule has 2 N–H and O–H groups in total. The average molecular weight is 295 g/mol. The largest absolute Gasteiger partial charge is 0.507 e. The van der Waals surface area contributed by atoms with Crippen LogP contribution in [0.4, 0.5) is 0 Å². The number of hydrogen-bond acceptors (Lipinski definition) is 4. The summed E-state index contributed by atoms with van der Waals surface area (Å²) in [5, 5.41) is 14.0. The van der Waals surface area contributed by atoms with Gasteiger partial charge in [-0.05, 0) is 30.7 Å².